The van der Waals surface area contributed by atoms with Gasteiger partial charge in [0.2, 0.25) is 0 Å². The van der Waals surface area contributed by atoms with Gasteiger partial charge in [-0.2, -0.15) is 0 Å². The molecule has 3 nitrogen and oxygen atoms in total. The molecule has 1 aliphatic heterocycles. The summed E-state index contributed by atoms with van der Waals surface area (Å²) in [5.74, 6) is 0. The lowest BCUT2D eigenvalue weighted by molar-refractivity contribution is 0.213. The van der Waals surface area contributed by atoms with E-state index in [9.17, 15) is 0 Å². The van der Waals surface area contributed by atoms with Crippen molar-refractivity contribution in [2.75, 3.05) is 30.4 Å². The van der Waals surface area contributed by atoms with Crippen LogP contribution < -0.4 is 4.90 Å². The minimum atomic E-state index is 0.698. The highest BCUT2D eigenvalue weighted by atomic mass is 79.9. The van der Waals surface area contributed by atoms with E-state index < -0.39 is 0 Å². The predicted molar refractivity (Wildman–Crippen MR) is 75.2 cm³/mol. The minimum absolute atomic E-state index is 0.698. The van der Waals surface area contributed by atoms with Gasteiger partial charge in [0, 0.05) is 29.7 Å². The van der Waals surface area contributed by atoms with Crippen LogP contribution in [0.25, 0.3) is 0 Å². The average Bonchev–Trinajstić information content (AvgIpc) is 2.90. The van der Waals surface area contributed by atoms with Crippen LogP contribution in [0.4, 0.5) is 5.69 Å². The summed E-state index contributed by atoms with van der Waals surface area (Å²) in [4.78, 5) is 7.25. The lowest BCUT2D eigenvalue weighted by Crippen LogP contribution is -2.17. The van der Waals surface area contributed by atoms with E-state index in [-0.39, 0.29) is 0 Å². The number of anilines is 1. The Morgan fingerprint density at radius 2 is 1.94 bits per heavy atom. The molecular formula is C13H17BrN2O. The fourth-order valence-corrected chi connectivity index (χ4v) is 2.53. The molecule has 0 spiro atoms. The topological polar surface area (TPSA) is 24.8 Å². The first kappa shape index (κ1) is 12.4. The van der Waals surface area contributed by atoms with E-state index in [1.165, 1.54) is 31.6 Å². The molecular weight excluding hydrogens is 280 g/mol. The first-order valence-corrected chi connectivity index (χ1v) is 6.98. The highest BCUT2D eigenvalue weighted by Gasteiger charge is 2.12. The Hall–Kier alpha value is -1.03. The number of hydrogen-bond donors (Lipinski definition) is 0. The van der Waals surface area contributed by atoms with Gasteiger partial charge in [0.05, 0.1) is 5.71 Å². The molecule has 0 aromatic heterocycles. The standard InChI is InChI=1S/C13H17BrN2O/c1-17-15-13(10-14)11-4-6-12(7-5-11)16-8-2-3-9-16/h4-7H,2-3,8-10H2,1H3. The SMILES string of the molecule is CON=C(CBr)c1ccc(N2CCCC2)cc1. The summed E-state index contributed by atoms with van der Waals surface area (Å²) in [6.07, 6.45) is 2.61. The van der Waals surface area contributed by atoms with Gasteiger partial charge in [-0.1, -0.05) is 33.2 Å². The number of benzene rings is 1. The quantitative estimate of drug-likeness (QED) is 0.485. The van der Waals surface area contributed by atoms with Gasteiger partial charge in [-0.15, -0.1) is 0 Å². The van der Waals surface area contributed by atoms with Gasteiger partial charge in [-0.05, 0) is 25.0 Å². The summed E-state index contributed by atoms with van der Waals surface area (Å²) in [5.41, 5.74) is 3.32. The minimum Gasteiger partial charge on any atom is -0.399 e. The van der Waals surface area contributed by atoms with Crippen LogP contribution in [0.1, 0.15) is 18.4 Å². The summed E-state index contributed by atoms with van der Waals surface area (Å²) in [6, 6.07) is 8.53. The Bertz CT molecular complexity index is 383. The number of alkyl halides is 1. The van der Waals surface area contributed by atoms with Gasteiger partial charge < -0.3 is 9.74 Å². The van der Waals surface area contributed by atoms with Gasteiger partial charge in [0.1, 0.15) is 7.11 Å². The molecule has 0 radical (unpaired) electrons. The normalized spacial score (nSPS) is 16.4. The molecule has 1 aromatic carbocycles. The van der Waals surface area contributed by atoms with E-state index in [4.69, 9.17) is 4.84 Å². The van der Waals surface area contributed by atoms with Crippen LogP contribution in [0, 0.1) is 0 Å². The largest absolute Gasteiger partial charge is 0.399 e. The Balaban J connectivity index is 2.14. The zero-order valence-electron chi connectivity index (χ0n) is 10.0. The second-order valence-electron chi connectivity index (χ2n) is 4.10. The second-order valence-corrected chi connectivity index (χ2v) is 4.66. The van der Waals surface area contributed by atoms with Crippen molar-refractivity contribution in [2.24, 2.45) is 5.16 Å². The number of nitrogens with zero attached hydrogens (tertiary/aromatic N) is 2. The third-order valence-electron chi connectivity index (χ3n) is 3.00. The summed E-state index contributed by atoms with van der Waals surface area (Å²) in [6.45, 7) is 2.35. The Morgan fingerprint density at radius 3 is 2.47 bits per heavy atom. The molecule has 92 valence electrons. The molecule has 1 saturated heterocycles. The van der Waals surface area contributed by atoms with E-state index in [0.717, 1.165) is 11.3 Å². The van der Waals surface area contributed by atoms with Gasteiger partial charge in [-0.3, -0.25) is 0 Å². The van der Waals surface area contributed by atoms with Crippen LogP contribution in [-0.4, -0.2) is 31.2 Å². The fraction of sp³-hybridized carbons (Fsp3) is 0.462. The second kappa shape index (κ2) is 6.05. The Labute approximate surface area is 111 Å². The van der Waals surface area contributed by atoms with E-state index >= 15 is 0 Å². The van der Waals surface area contributed by atoms with Crippen LogP contribution in [0.5, 0.6) is 0 Å². The molecule has 1 fully saturated rings. The molecule has 0 atom stereocenters. The van der Waals surface area contributed by atoms with E-state index in [1.54, 1.807) is 7.11 Å². The van der Waals surface area contributed by atoms with Crippen molar-refractivity contribution in [3.63, 3.8) is 0 Å². The van der Waals surface area contributed by atoms with Crippen LogP contribution >= 0.6 is 15.9 Å². The molecule has 1 aromatic rings. The van der Waals surface area contributed by atoms with Gasteiger partial charge >= 0.3 is 0 Å². The molecule has 1 heterocycles. The summed E-state index contributed by atoms with van der Waals surface area (Å²) < 4.78 is 0. The first-order valence-electron chi connectivity index (χ1n) is 5.86. The highest BCUT2D eigenvalue weighted by molar-refractivity contribution is 9.09. The molecule has 0 N–H and O–H groups in total. The predicted octanol–water partition coefficient (Wildman–Crippen LogP) is 3.03. The maximum absolute atomic E-state index is 4.83. The van der Waals surface area contributed by atoms with E-state index in [0.29, 0.717) is 5.33 Å². The molecule has 2 rings (SSSR count). The van der Waals surface area contributed by atoms with Gasteiger partial charge in [0.15, 0.2) is 0 Å². The first-order chi connectivity index (χ1) is 8.35. The number of halogens is 1. The maximum Gasteiger partial charge on any atom is 0.106 e. The third-order valence-corrected chi connectivity index (χ3v) is 3.53. The van der Waals surface area contributed by atoms with Crippen molar-refractivity contribution < 1.29 is 4.84 Å². The van der Waals surface area contributed by atoms with E-state index in [1.807, 2.05) is 0 Å². The molecule has 4 heteroatoms. The fourth-order valence-electron chi connectivity index (χ4n) is 2.10. The molecule has 0 aliphatic carbocycles. The Kier molecular flexibility index (Phi) is 4.42. The third kappa shape index (κ3) is 3.00. The van der Waals surface area contributed by atoms with Crippen molar-refractivity contribution >= 4 is 27.3 Å². The lowest BCUT2D eigenvalue weighted by atomic mass is 10.1. The van der Waals surface area contributed by atoms with Crippen LogP contribution in [0.3, 0.4) is 0 Å². The molecule has 0 saturated carbocycles. The maximum atomic E-state index is 4.83. The van der Waals surface area contributed by atoms with Crippen molar-refractivity contribution in [3.8, 4) is 0 Å². The summed E-state index contributed by atoms with van der Waals surface area (Å²) in [7, 11) is 1.57. The van der Waals surface area contributed by atoms with Crippen LogP contribution in [-0.2, 0) is 4.84 Å². The van der Waals surface area contributed by atoms with Crippen molar-refractivity contribution in [1.29, 1.82) is 0 Å². The monoisotopic (exact) mass is 296 g/mol. The zero-order valence-corrected chi connectivity index (χ0v) is 11.6. The average molecular weight is 297 g/mol. The molecule has 1 aliphatic rings. The highest BCUT2D eigenvalue weighted by Crippen LogP contribution is 2.20. The number of oxime groups is 1. The molecule has 0 bridgehead atoms. The number of hydrogen-bond acceptors (Lipinski definition) is 3. The summed E-state index contributed by atoms with van der Waals surface area (Å²) in [5, 5.41) is 4.69. The van der Waals surface area contributed by atoms with Crippen molar-refractivity contribution in [1.82, 2.24) is 0 Å². The molecule has 17 heavy (non-hydrogen) atoms. The van der Waals surface area contributed by atoms with Crippen LogP contribution in [0.2, 0.25) is 0 Å². The molecule has 0 amide bonds. The van der Waals surface area contributed by atoms with Crippen LogP contribution in [0.15, 0.2) is 29.4 Å². The smallest absolute Gasteiger partial charge is 0.106 e. The molecule has 0 unspecified atom stereocenters. The van der Waals surface area contributed by atoms with Crippen molar-refractivity contribution in [3.05, 3.63) is 29.8 Å². The number of rotatable bonds is 4. The lowest BCUT2D eigenvalue weighted by Gasteiger charge is -2.17. The van der Waals surface area contributed by atoms with E-state index in [2.05, 4.69) is 50.3 Å². The van der Waals surface area contributed by atoms with Crippen molar-refractivity contribution in [2.45, 2.75) is 12.8 Å². The Morgan fingerprint density at radius 1 is 1.29 bits per heavy atom. The summed E-state index contributed by atoms with van der Waals surface area (Å²) >= 11 is 3.42. The van der Waals surface area contributed by atoms with Gasteiger partial charge in [-0.25, -0.2) is 0 Å². The zero-order chi connectivity index (χ0) is 12.1. The van der Waals surface area contributed by atoms with Gasteiger partial charge in [0.25, 0.3) is 0 Å².